The van der Waals surface area contributed by atoms with E-state index in [9.17, 15) is 18.0 Å². The molecule has 17 heavy (non-hydrogen) atoms. The van der Waals surface area contributed by atoms with Crippen molar-refractivity contribution < 1.29 is 23.1 Å². The lowest BCUT2D eigenvalue weighted by Crippen LogP contribution is -2.41. The zero-order chi connectivity index (χ0) is 12.9. The Bertz CT molecular complexity index is 369. The van der Waals surface area contributed by atoms with E-state index in [4.69, 9.17) is 5.11 Å². The molecule has 1 N–H and O–H groups in total. The van der Waals surface area contributed by atoms with Gasteiger partial charge < -0.3 is 10.0 Å². The standard InChI is InChI=1S/C9H10F3N3O2/c10-9(11,12)6-15(3-4-16)8(17)7-5-13-1-2-14-7/h1-2,5,16H,3-4,6H2. The highest BCUT2D eigenvalue weighted by Gasteiger charge is 2.33. The quantitative estimate of drug-likeness (QED) is 0.842. The van der Waals surface area contributed by atoms with Crippen LogP contribution in [0.3, 0.4) is 0 Å². The van der Waals surface area contributed by atoms with Crippen LogP contribution in [-0.4, -0.2) is 51.8 Å². The summed E-state index contributed by atoms with van der Waals surface area (Å²) in [6.45, 7) is -2.39. The summed E-state index contributed by atoms with van der Waals surface area (Å²) in [6, 6.07) is 0. The van der Waals surface area contributed by atoms with Gasteiger partial charge in [-0.3, -0.25) is 9.78 Å². The third-order valence-corrected chi connectivity index (χ3v) is 1.81. The average molecular weight is 249 g/mol. The van der Waals surface area contributed by atoms with E-state index in [-0.39, 0.29) is 5.69 Å². The van der Waals surface area contributed by atoms with Crippen LogP contribution in [0, 0.1) is 0 Å². The molecule has 0 unspecified atom stereocenters. The number of alkyl halides is 3. The number of halogens is 3. The molecule has 1 amide bonds. The Hall–Kier alpha value is -1.70. The second-order valence-corrected chi connectivity index (χ2v) is 3.16. The van der Waals surface area contributed by atoms with E-state index >= 15 is 0 Å². The maximum atomic E-state index is 12.2. The Morgan fingerprint density at radius 3 is 2.59 bits per heavy atom. The zero-order valence-corrected chi connectivity index (χ0v) is 8.68. The number of nitrogens with zero attached hydrogens (tertiary/aromatic N) is 3. The normalized spacial score (nSPS) is 11.3. The summed E-state index contributed by atoms with van der Waals surface area (Å²) < 4.78 is 36.6. The van der Waals surface area contributed by atoms with Crippen molar-refractivity contribution in [1.29, 1.82) is 0 Å². The van der Waals surface area contributed by atoms with Gasteiger partial charge >= 0.3 is 6.18 Å². The van der Waals surface area contributed by atoms with Crippen LogP contribution in [0.15, 0.2) is 18.6 Å². The molecule has 0 saturated heterocycles. The van der Waals surface area contributed by atoms with Crippen LogP contribution in [-0.2, 0) is 0 Å². The SMILES string of the molecule is O=C(c1cnccn1)N(CCO)CC(F)(F)F. The highest BCUT2D eigenvalue weighted by atomic mass is 19.4. The summed E-state index contributed by atoms with van der Waals surface area (Å²) in [7, 11) is 0. The lowest BCUT2D eigenvalue weighted by molar-refractivity contribution is -0.141. The predicted octanol–water partition coefficient (Wildman–Crippen LogP) is 0.473. The van der Waals surface area contributed by atoms with Crippen LogP contribution < -0.4 is 0 Å². The fourth-order valence-corrected chi connectivity index (χ4v) is 1.16. The van der Waals surface area contributed by atoms with Crippen molar-refractivity contribution in [2.45, 2.75) is 6.18 Å². The van der Waals surface area contributed by atoms with Crippen molar-refractivity contribution in [2.75, 3.05) is 19.7 Å². The zero-order valence-electron chi connectivity index (χ0n) is 8.68. The Labute approximate surface area is 94.9 Å². The number of aliphatic hydroxyl groups is 1. The summed E-state index contributed by atoms with van der Waals surface area (Å²) >= 11 is 0. The van der Waals surface area contributed by atoms with Gasteiger partial charge in [-0.1, -0.05) is 0 Å². The van der Waals surface area contributed by atoms with Gasteiger partial charge in [0.05, 0.1) is 12.8 Å². The van der Waals surface area contributed by atoms with Crippen molar-refractivity contribution in [3.05, 3.63) is 24.3 Å². The first kappa shape index (κ1) is 13.4. The van der Waals surface area contributed by atoms with Crippen molar-refractivity contribution in [1.82, 2.24) is 14.9 Å². The molecule has 0 aliphatic heterocycles. The summed E-state index contributed by atoms with van der Waals surface area (Å²) in [6.07, 6.45) is -0.939. The molecule has 5 nitrogen and oxygen atoms in total. The van der Waals surface area contributed by atoms with E-state index in [0.29, 0.717) is 4.90 Å². The van der Waals surface area contributed by atoms with E-state index in [2.05, 4.69) is 9.97 Å². The number of carbonyl (C=O) groups excluding carboxylic acids is 1. The highest BCUT2D eigenvalue weighted by molar-refractivity contribution is 5.91. The van der Waals surface area contributed by atoms with Crippen molar-refractivity contribution in [3.8, 4) is 0 Å². The molecular formula is C9H10F3N3O2. The van der Waals surface area contributed by atoms with Crippen molar-refractivity contribution >= 4 is 5.91 Å². The monoisotopic (exact) mass is 249 g/mol. The van der Waals surface area contributed by atoms with Crippen LogP contribution in [0.5, 0.6) is 0 Å². The minimum Gasteiger partial charge on any atom is -0.395 e. The topological polar surface area (TPSA) is 66.3 Å². The number of hydrogen-bond donors (Lipinski definition) is 1. The van der Waals surface area contributed by atoms with Crippen LogP contribution >= 0.6 is 0 Å². The van der Waals surface area contributed by atoms with Gasteiger partial charge in [0.1, 0.15) is 12.2 Å². The first-order chi connectivity index (χ1) is 7.94. The molecule has 0 bridgehead atoms. The van der Waals surface area contributed by atoms with E-state index in [0.717, 1.165) is 6.20 Å². The average Bonchev–Trinajstić information content (AvgIpc) is 2.27. The maximum absolute atomic E-state index is 12.2. The highest BCUT2D eigenvalue weighted by Crippen LogP contribution is 2.17. The fraction of sp³-hybridized carbons (Fsp3) is 0.444. The Kier molecular flexibility index (Phi) is 4.38. The Morgan fingerprint density at radius 1 is 1.41 bits per heavy atom. The van der Waals surface area contributed by atoms with Gasteiger partial charge in [0.15, 0.2) is 0 Å². The second kappa shape index (κ2) is 5.58. The number of hydrogen-bond acceptors (Lipinski definition) is 4. The molecular weight excluding hydrogens is 239 g/mol. The summed E-state index contributed by atoms with van der Waals surface area (Å²) in [4.78, 5) is 19.3. The molecule has 8 heteroatoms. The minimum atomic E-state index is -4.52. The molecule has 0 aromatic carbocycles. The summed E-state index contributed by atoms with van der Waals surface area (Å²) in [5, 5.41) is 8.63. The largest absolute Gasteiger partial charge is 0.406 e. The molecule has 0 radical (unpaired) electrons. The van der Waals surface area contributed by atoms with E-state index in [1.807, 2.05) is 0 Å². The van der Waals surface area contributed by atoms with Crippen molar-refractivity contribution in [3.63, 3.8) is 0 Å². The Balaban J connectivity index is 2.81. The molecule has 0 fully saturated rings. The molecule has 1 aromatic heterocycles. The van der Waals surface area contributed by atoms with E-state index in [1.54, 1.807) is 0 Å². The van der Waals surface area contributed by atoms with Gasteiger partial charge in [0.2, 0.25) is 0 Å². The summed E-state index contributed by atoms with van der Waals surface area (Å²) in [5.74, 6) is -0.913. The smallest absolute Gasteiger partial charge is 0.395 e. The van der Waals surface area contributed by atoms with Gasteiger partial charge in [0, 0.05) is 18.9 Å². The Morgan fingerprint density at radius 2 is 2.12 bits per heavy atom. The number of carbonyl (C=O) groups is 1. The molecule has 0 aliphatic carbocycles. The lowest BCUT2D eigenvalue weighted by Gasteiger charge is -2.22. The molecule has 0 atom stereocenters. The number of aliphatic hydroxyl groups excluding tert-OH is 1. The van der Waals surface area contributed by atoms with Crippen LogP contribution in [0.2, 0.25) is 0 Å². The van der Waals surface area contributed by atoms with Gasteiger partial charge in [-0.2, -0.15) is 13.2 Å². The van der Waals surface area contributed by atoms with Gasteiger partial charge in [-0.25, -0.2) is 4.98 Å². The van der Waals surface area contributed by atoms with Crippen molar-refractivity contribution in [2.24, 2.45) is 0 Å². The van der Waals surface area contributed by atoms with Crippen LogP contribution in [0.25, 0.3) is 0 Å². The van der Waals surface area contributed by atoms with E-state index in [1.165, 1.54) is 12.4 Å². The first-order valence-corrected chi connectivity index (χ1v) is 4.67. The number of amides is 1. The molecule has 0 spiro atoms. The number of aromatic nitrogens is 2. The predicted molar refractivity (Wildman–Crippen MR) is 51.1 cm³/mol. The fourth-order valence-electron chi connectivity index (χ4n) is 1.16. The molecule has 1 rings (SSSR count). The van der Waals surface area contributed by atoms with E-state index < -0.39 is 31.8 Å². The van der Waals surface area contributed by atoms with Crippen LogP contribution in [0.1, 0.15) is 10.5 Å². The van der Waals surface area contributed by atoms with Crippen LogP contribution in [0.4, 0.5) is 13.2 Å². The maximum Gasteiger partial charge on any atom is 0.406 e. The first-order valence-electron chi connectivity index (χ1n) is 4.67. The number of rotatable bonds is 4. The van der Waals surface area contributed by atoms with Gasteiger partial charge in [0.25, 0.3) is 5.91 Å². The summed E-state index contributed by atoms with van der Waals surface area (Å²) in [5.41, 5.74) is -0.190. The molecule has 94 valence electrons. The minimum absolute atomic E-state index is 0.190. The third-order valence-electron chi connectivity index (χ3n) is 1.81. The third kappa shape index (κ3) is 4.35. The second-order valence-electron chi connectivity index (χ2n) is 3.16. The molecule has 1 aromatic rings. The van der Waals surface area contributed by atoms with Gasteiger partial charge in [-0.05, 0) is 0 Å². The van der Waals surface area contributed by atoms with Gasteiger partial charge in [-0.15, -0.1) is 0 Å². The lowest BCUT2D eigenvalue weighted by atomic mass is 10.3. The molecule has 0 aliphatic rings. The molecule has 1 heterocycles. The molecule has 0 saturated carbocycles.